The zero-order valence-corrected chi connectivity index (χ0v) is 22.0. The number of hydrogen-bond acceptors (Lipinski definition) is 6. The summed E-state index contributed by atoms with van der Waals surface area (Å²) in [5, 5.41) is 0. The van der Waals surface area contributed by atoms with E-state index in [0.29, 0.717) is 11.5 Å². The number of rotatable bonds is 6. The van der Waals surface area contributed by atoms with Crippen molar-refractivity contribution in [2.24, 2.45) is 0 Å². The average molecular weight is 451 g/mol. The maximum atomic E-state index is 12.5. The van der Waals surface area contributed by atoms with Crippen molar-refractivity contribution >= 4 is 12.3 Å². The minimum absolute atomic E-state index is 0.349. The molecular formula is C26H42O6. The lowest BCUT2D eigenvalue weighted by Gasteiger charge is -2.31. The van der Waals surface area contributed by atoms with E-state index in [1.54, 1.807) is 53.7 Å². The molecule has 6 heteroatoms. The van der Waals surface area contributed by atoms with Crippen LogP contribution in [0.15, 0.2) is 12.1 Å². The highest BCUT2D eigenvalue weighted by Gasteiger charge is 2.32. The zero-order chi connectivity index (χ0) is 25.1. The molecule has 32 heavy (non-hydrogen) atoms. The monoisotopic (exact) mass is 450 g/mol. The fourth-order valence-electron chi connectivity index (χ4n) is 2.89. The summed E-state index contributed by atoms with van der Waals surface area (Å²) in [5.41, 5.74) is -0.553. The summed E-state index contributed by atoms with van der Waals surface area (Å²) >= 11 is 0. The van der Waals surface area contributed by atoms with Gasteiger partial charge in [-0.15, -0.1) is 0 Å². The first-order valence-corrected chi connectivity index (χ1v) is 11.3. The number of carbonyl (C=O) groups is 2. The molecule has 1 aromatic carbocycles. The van der Waals surface area contributed by atoms with E-state index in [1.165, 1.54) is 0 Å². The molecule has 0 N–H and O–H groups in total. The van der Waals surface area contributed by atoms with E-state index in [-0.39, 0.29) is 10.8 Å². The van der Waals surface area contributed by atoms with Gasteiger partial charge >= 0.3 is 12.3 Å². The molecule has 0 aliphatic carbocycles. The fourth-order valence-corrected chi connectivity index (χ4v) is 2.89. The molecule has 6 nitrogen and oxygen atoms in total. The summed E-state index contributed by atoms with van der Waals surface area (Å²) in [6.45, 7) is 23.0. The molecule has 182 valence electrons. The Morgan fingerprint density at radius 3 is 1.12 bits per heavy atom. The van der Waals surface area contributed by atoms with Gasteiger partial charge in [0.2, 0.25) is 0 Å². The summed E-state index contributed by atoms with van der Waals surface area (Å²) in [4.78, 5) is 25.0. The molecular weight excluding hydrogens is 408 g/mol. The van der Waals surface area contributed by atoms with Gasteiger partial charge in [0.25, 0.3) is 0 Å². The second kappa shape index (κ2) is 9.72. The van der Waals surface area contributed by atoms with Crippen LogP contribution in [0.2, 0.25) is 0 Å². The highest BCUT2D eigenvalue weighted by Crippen LogP contribution is 2.44. The molecule has 0 fully saturated rings. The first kappa shape index (κ1) is 27.8. The van der Waals surface area contributed by atoms with Crippen LogP contribution in [0.1, 0.15) is 107 Å². The van der Waals surface area contributed by atoms with Crippen LogP contribution in [0.25, 0.3) is 0 Å². The topological polar surface area (TPSA) is 71.1 Å². The third kappa shape index (κ3) is 8.03. The van der Waals surface area contributed by atoms with Gasteiger partial charge in [-0.25, -0.2) is 9.59 Å². The molecule has 0 bridgehead atoms. The lowest BCUT2D eigenvalue weighted by Crippen LogP contribution is -2.29. The van der Waals surface area contributed by atoms with E-state index in [9.17, 15) is 9.59 Å². The van der Waals surface area contributed by atoms with Crippen molar-refractivity contribution in [1.29, 1.82) is 0 Å². The molecule has 0 saturated heterocycles. The minimum atomic E-state index is -0.772. The first-order chi connectivity index (χ1) is 14.3. The van der Waals surface area contributed by atoms with Crippen LogP contribution in [0, 0.1) is 0 Å². The van der Waals surface area contributed by atoms with E-state index in [1.807, 2.05) is 27.7 Å². The maximum Gasteiger partial charge on any atom is 0.514 e. The Balaban J connectivity index is 3.64. The van der Waals surface area contributed by atoms with Gasteiger partial charge in [-0.2, -0.15) is 0 Å². The molecule has 0 atom stereocenters. The van der Waals surface area contributed by atoms with Gasteiger partial charge in [-0.3, -0.25) is 0 Å². The second-order valence-corrected chi connectivity index (χ2v) is 11.5. The molecule has 0 unspecified atom stereocenters. The van der Waals surface area contributed by atoms with Crippen molar-refractivity contribution in [3.63, 3.8) is 0 Å². The highest BCUT2D eigenvalue weighted by molar-refractivity contribution is 5.69. The third-order valence-corrected chi connectivity index (χ3v) is 5.47. The molecule has 0 aromatic heterocycles. The van der Waals surface area contributed by atoms with E-state index >= 15 is 0 Å². The Kier molecular flexibility index (Phi) is 8.44. The van der Waals surface area contributed by atoms with Gasteiger partial charge in [-0.1, -0.05) is 41.5 Å². The summed E-state index contributed by atoms with van der Waals surface area (Å²) in [7, 11) is 0. The molecule has 0 spiro atoms. The Bertz CT molecular complexity index is 752. The lowest BCUT2D eigenvalue weighted by molar-refractivity contribution is 0.0179. The van der Waals surface area contributed by atoms with Crippen molar-refractivity contribution < 1.29 is 28.5 Å². The van der Waals surface area contributed by atoms with Crippen molar-refractivity contribution in [1.82, 2.24) is 0 Å². The van der Waals surface area contributed by atoms with E-state index in [4.69, 9.17) is 18.9 Å². The molecule has 1 aromatic rings. The van der Waals surface area contributed by atoms with Crippen LogP contribution in [-0.2, 0) is 20.3 Å². The van der Waals surface area contributed by atoms with E-state index in [2.05, 4.69) is 13.8 Å². The van der Waals surface area contributed by atoms with Crippen molar-refractivity contribution in [3.05, 3.63) is 23.3 Å². The Labute approximate surface area is 194 Å². The zero-order valence-electron chi connectivity index (χ0n) is 22.0. The van der Waals surface area contributed by atoms with Crippen LogP contribution >= 0.6 is 0 Å². The van der Waals surface area contributed by atoms with Gasteiger partial charge in [0.1, 0.15) is 22.7 Å². The van der Waals surface area contributed by atoms with Gasteiger partial charge in [0.05, 0.1) is 0 Å². The van der Waals surface area contributed by atoms with Crippen LogP contribution in [0.3, 0.4) is 0 Å². The van der Waals surface area contributed by atoms with Crippen LogP contribution < -0.4 is 9.47 Å². The number of benzene rings is 1. The molecule has 0 aliphatic rings. The molecule has 0 saturated carbocycles. The summed E-state index contributed by atoms with van der Waals surface area (Å²) in [5.74, 6) is 0.804. The van der Waals surface area contributed by atoms with Gasteiger partial charge in [0, 0.05) is 11.1 Å². The molecule has 1 rings (SSSR count). The van der Waals surface area contributed by atoms with Crippen LogP contribution in [0.5, 0.6) is 11.5 Å². The predicted octanol–water partition coefficient (Wildman–Crippen LogP) is 7.69. The predicted molar refractivity (Wildman–Crippen MR) is 127 cm³/mol. The van der Waals surface area contributed by atoms with E-state index < -0.39 is 23.5 Å². The largest absolute Gasteiger partial charge is 0.514 e. The van der Waals surface area contributed by atoms with Gasteiger partial charge in [-0.05, 0) is 77.3 Å². The SMILES string of the molecule is CCC(C)(C)c1cc(OC(=O)OC(C)(C)C)c(C(C)(C)CC)cc1OC(=O)OC(C)(C)C. The molecule has 0 heterocycles. The standard InChI is InChI=1S/C26H42O6/c1-13-25(9,10)17-15-20(30-22(28)32-24(6,7)8)18(26(11,12)14-2)16-19(17)29-21(27)31-23(3,4)5/h15-16H,13-14H2,1-12H3. The van der Waals surface area contributed by atoms with Crippen molar-refractivity contribution in [2.75, 3.05) is 0 Å². The Morgan fingerprint density at radius 1 is 0.625 bits per heavy atom. The van der Waals surface area contributed by atoms with Gasteiger partial charge in [0.15, 0.2) is 0 Å². The highest BCUT2D eigenvalue weighted by atomic mass is 16.7. The fraction of sp³-hybridized carbons (Fsp3) is 0.692. The second-order valence-electron chi connectivity index (χ2n) is 11.5. The van der Waals surface area contributed by atoms with Crippen molar-refractivity contribution in [3.8, 4) is 11.5 Å². The molecule has 0 radical (unpaired) electrons. The Hall–Kier alpha value is -2.24. The Morgan fingerprint density at radius 2 is 0.906 bits per heavy atom. The average Bonchev–Trinajstić information content (AvgIpc) is 2.59. The number of carbonyl (C=O) groups excluding carboxylic acids is 2. The quantitative estimate of drug-likeness (QED) is 0.327. The third-order valence-electron chi connectivity index (χ3n) is 5.47. The number of hydrogen-bond donors (Lipinski definition) is 0. The van der Waals surface area contributed by atoms with E-state index in [0.717, 1.165) is 24.0 Å². The molecule has 0 amide bonds. The smallest absolute Gasteiger partial charge is 0.428 e. The lowest BCUT2D eigenvalue weighted by atomic mass is 9.77. The summed E-state index contributed by atoms with van der Waals surface area (Å²) < 4.78 is 22.2. The maximum absolute atomic E-state index is 12.5. The number of ether oxygens (including phenoxy) is 4. The van der Waals surface area contributed by atoms with Gasteiger partial charge < -0.3 is 18.9 Å². The summed E-state index contributed by atoms with van der Waals surface area (Å²) in [6, 6.07) is 3.58. The normalized spacial score (nSPS) is 12.9. The minimum Gasteiger partial charge on any atom is -0.428 e. The summed E-state index contributed by atoms with van der Waals surface area (Å²) in [6.07, 6.45) is 0.0126. The van der Waals surface area contributed by atoms with Crippen LogP contribution in [0.4, 0.5) is 9.59 Å². The molecule has 0 aliphatic heterocycles. The first-order valence-electron chi connectivity index (χ1n) is 11.3. The van der Waals surface area contributed by atoms with Crippen LogP contribution in [-0.4, -0.2) is 23.5 Å². The van der Waals surface area contributed by atoms with Crippen molar-refractivity contribution in [2.45, 2.75) is 118 Å².